The highest BCUT2D eigenvalue weighted by Gasteiger charge is 2.43. The van der Waals surface area contributed by atoms with Crippen LogP contribution in [0.4, 0.5) is 0 Å². The van der Waals surface area contributed by atoms with Crippen molar-refractivity contribution < 1.29 is 4.79 Å². The van der Waals surface area contributed by atoms with Gasteiger partial charge in [0, 0.05) is 42.6 Å². The Morgan fingerprint density at radius 1 is 1.31 bits per heavy atom. The van der Waals surface area contributed by atoms with Gasteiger partial charge in [0.15, 0.2) is 0 Å². The van der Waals surface area contributed by atoms with E-state index < -0.39 is 5.41 Å². The quantitative estimate of drug-likeness (QED) is 0.802. The number of aryl methyl sites for hydroxylation is 2. The maximum absolute atomic E-state index is 12.8. The molecule has 1 aliphatic rings. The highest BCUT2D eigenvalue weighted by Crippen LogP contribution is 2.28. The maximum atomic E-state index is 12.8. The van der Waals surface area contributed by atoms with Crippen molar-refractivity contribution >= 4 is 17.5 Å². The minimum Gasteiger partial charge on any atom is -0.354 e. The van der Waals surface area contributed by atoms with Gasteiger partial charge in [-0.25, -0.2) is 4.79 Å². The van der Waals surface area contributed by atoms with E-state index in [0.29, 0.717) is 43.3 Å². The smallest absolute Gasteiger partial charge is 0.348 e. The Kier molecular flexibility index (Phi) is 5.44. The summed E-state index contributed by atoms with van der Waals surface area (Å²) < 4.78 is 1.58. The van der Waals surface area contributed by atoms with Crippen molar-refractivity contribution in [2.24, 2.45) is 5.41 Å². The van der Waals surface area contributed by atoms with Crippen molar-refractivity contribution in [2.45, 2.75) is 26.8 Å². The summed E-state index contributed by atoms with van der Waals surface area (Å²) >= 11 is 5.93. The third-order valence-corrected chi connectivity index (χ3v) is 5.08. The third kappa shape index (κ3) is 3.97. The van der Waals surface area contributed by atoms with Crippen molar-refractivity contribution in [1.29, 1.82) is 0 Å². The first-order valence-corrected chi connectivity index (χ1v) is 9.06. The van der Waals surface area contributed by atoms with Gasteiger partial charge >= 0.3 is 5.69 Å². The molecule has 6 nitrogen and oxygen atoms in total. The van der Waals surface area contributed by atoms with E-state index in [1.807, 2.05) is 37.3 Å². The van der Waals surface area contributed by atoms with Gasteiger partial charge in [0.1, 0.15) is 0 Å². The number of nitrogens with one attached hydrogen (secondary N) is 2. The number of aromatic nitrogens is 2. The maximum Gasteiger partial charge on any atom is 0.348 e. The van der Waals surface area contributed by atoms with E-state index in [-0.39, 0.29) is 11.6 Å². The molecule has 1 aromatic carbocycles. The molecule has 0 atom stereocenters. The Morgan fingerprint density at radius 3 is 2.58 bits per heavy atom. The molecule has 1 saturated heterocycles. The molecule has 26 heavy (non-hydrogen) atoms. The number of hydrogen-bond acceptors (Lipinski definition) is 4. The van der Waals surface area contributed by atoms with Crippen molar-refractivity contribution in [3.05, 3.63) is 62.8 Å². The predicted octanol–water partition coefficient (Wildman–Crippen LogP) is 1.46. The fourth-order valence-corrected chi connectivity index (χ4v) is 3.43. The summed E-state index contributed by atoms with van der Waals surface area (Å²) in [6.45, 7) is 5.76. The summed E-state index contributed by atoms with van der Waals surface area (Å²) in [6, 6.07) is 9.45. The van der Waals surface area contributed by atoms with Crippen LogP contribution in [0.2, 0.25) is 5.02 Å². The summed E-state index contributed by atoms with van der Waals surface area (Å²) in [6.07, 6.45) is 0.661. The summed E-state index contributed by atoms with van der Waals surface area (Å²) in [5.41, 5.74) is 1.91. The first-order valence-electron chi connectivity index (χ1n) is 8.68. The number of carbonyl (C=O) groups is 1. The van der Waals surface area contributed by atoms with E-state index in [1.165, 1.54) is 0 Å². The fourth-order valence-electron chi connectivity index (χ4n) is 3.30. The SMILES string of the molecule is Cc1cc(C)n(CCNC(=O)C2(Cc3ccc(Cl)cc3)CNC2)c(=O)n1. The highest BCUT2D eigenvalue weighted by molar-refractivity contribution is 6.30. The van der Waals surface area contributed by atoms with E-state index in [2.05, 4.69) is 15.6 Å². The van der Waals surface area contributed by atoms with Crippen LogP contribution in [0.3, 0.4) is 0 Å². The van der Waals surface area contributed by atoms with E-state index in [9.17, 15) is 9.59 Å². The van der Waals surface area contributed by atoms with Crippen molar-refractivity contribution in [2.75, 3.05) is 19.6 Å². The number of hydrogen-bond donors (Lipinski definition) is 2. The van der Waals surface area contributed by atoms with Crippen LogP contribution in [0.25, 0.3) is 0 Å². The summed E-state index contributed by atoms with van der Waals surface area (Å²) in [5, 5.41) is 6.86. The van der Waals surface area contributed by atoms with Gasteiger partial charge in [-0.3, -0.25) is 9.36 Å². The monoisotopic (exact) mass is 374 g/mol. The number of rotatable bonds is 6. The molecule has 138 valence electrons. The Morgan fingerprint density at radius 2 is 2.00 bits per heavy atom. The van der Waals surface area contributed by atoms with E-state index in [4.69, 9.17) is 11.6 Å². The molecule has 2 N–H and O–H groups in total. The van der Waals surface area contributed by atoms with Crippen LogP contribution in [0.1, 0.15) is 17.0 Å². The average Bonchev–Trinajstić information content (AvgIpc) is 2.55. The van der Waals surface area contributed by atoms with Crippen molar-refractivity contribution in [3.8, 4) is 0 Å². The van der Waals surface area contributed by atoms with Crippen LogP contribution in [-0.4, -0.2) is 35.1 Å². The number of amides is 1. The number of carbonyl (C=O) groups excluding carboxylic acids is 1. The highest BCUT2D eigenvalue weighted by atomic mass is 35.5. The van der Waals surface area contributed by atoms with Gasteiger partial charge in [-0.2, -0.15) is 4.98 Å². The molecule has 0 saturated carbocycles. The number of halogens is 1. The van der Waals surface area contributed by atoms with E-state index in [0.717, 1.165) is 11.3 Å². The second-order valence-electron chi connectivity index (χ2n) is 6.92. The summed E-state index contributed by atoms with van der Waals surface area (Å²) in [4.78, 5) is 28.7. The van der Waals surface area contributed by atoms with Gasteiger partial charge < -0.3 is 10.6 Å². The second-order valence-corrected chi connectivity index (χ2v) is 7.35. The largest absolute Gasteiger partial charge is 0.354 e. The Balaban J connectivity index is 1.61. The van der Waals surface area contributed by atoms with Gasteiger partial charge in [-0.15, -0.1) is 0 Å². The van der Waals surface area contributed by atoms with Gasteiger partial charge in [0.2, 0.25) is 5.91 Å². The molecular weight excluding hydrogens is 352 g/mol. The summed E-state index contributed by atoms with van der Waals surface area (Å²) in [7, 11) is 0. The van der Waals surface area contributed by atoms with Crippen LogP contribution >= 0.6 is 11.6 Å². The Bertz CT molecular complexity index is 857. The molecule has 2 aromatic rings. The lowest BCUT2D eigenvalue weighted by Crippen LogP contribution is -2.62. The molecule has 2 heterocycles. The van der Waals surface area contributed by atoms with Crippen LogP contribution in [0, 0.1) is 19.3 Å². The zero-order chi connectivity index (χ0) is 18.7. The van der Waals surface area contributed by atoms with Gasteiger partial charge in [-0.05, 0) is 44.0 Å². The molecule has 1 amide bonds. The minimum atomic E-state index is -0.445. The van der Waals surface area contributed by atoms with Crippen LogP contribution in [0.5, 0.6) is 0 Å². The van der Waals surface area contributed by atoms with Crippen molar-refractivity contribution in [3.63, 3.8) is 0 Å². The predicted molar refractivity (Wildman–Crippen MR) is 101 cm³/mol. The van der Waals surface area contributed by atoms with Gasteiger partial charge in [-0.1, -0.05) is 23.7 Å². The molecule has 1 aromatic heterocycles. The van der Waals surface area contributed by atoms with Crippen molar-refractivity contribution in [1.82, 2.24) is 20.2 Å². The Hall–Kier alpha value is -2.18. The summed E-state index contributed by atoms with van der Waals surface area (Å²) in [5.74, 6) is 0.0111. The number of nitrogens with zero attached hydrogens (tertiary/aromatic N) is 2. The Labute approximate surface area is 157 Å². The lowest BCUT2D eigenvalue weighted by molar-refractivity contribution is -0.133. The number of benzene rings is 1. The molecule has 1 aliphatic heterocycles. The van der Waals surface area contributed by atoms with Gasteiger partial charge in [0.05, 0.1) is 5.41 Å². The lowest BCUT2D eigenvalue weighted by Gasteiger charge is -2.41. The molecule has 1 fully saturated rings. The van der Waals surface area contributed by atoms with E-state index in [1.54, 1.807) is 11.5 Å². The molecule has 3 rings (SSSR count). The molecule has 0 unspecified atom stereocenters. The first kappa shape index (κ1) is 18.6. The molecule has 0 aliphatic carbocycles. The third-order valence-electron chi connectivity index (χ3n) is 4.83. The van der Waals surface area contributed by atoms with E-state index >= 15 is 0 Å². The minimum absolute atomic E-state index is 0.0111. The average molecular weight is 375 g/mol. The molecule has 7 heteroatoms. The van der Waals surface area contributed by atoms with Gasteiger partial charge in [0.25, 0.3) is 0 Å². The topological polar surface area (TPSA) is 76.0 Å². The zero-order valence-electron chi connectivity index (χ0n) is 15.0. The molecule has 0 radical (unpaired) electrons. The standard InChI is InChI=1S/C19H23ClN4O2/c1-13-9-14(2)24(18(26)23-13)8-7-22-17(25)19(11-21-12-19)10-15-3-5-16(20)6-4-15/h3-6,9,21H,7-8,10-12H2,1-2H3,(H,22,25). The molecular formula is C19H23ClN4O2. The lowest BCUT2D eigenvalue weighted by atomic mass is 9.75. The van der Waals surface area contributed by atoms with Crippen LogP contribution in [0.15, 0.2) is 35.1 Å². The second kappa shape index (κ2) is 7.60. The molecule has 0 bridgehead atoms. The molecule has 0 spiro atoms. The van der Waals surface area contributed by atoms with Crippen LogP contribution in [-0.2, 0) is 17.8 Å². The fraction of sp³-hybridized carbons (Fsp3) is 0.421. The first-order chi connectivity index (χ1) is 12.4. The zero-order valence-corrected chi connectivity index (χ0v) is 15.8. The van der Waals surface area contributed by atoms with Crippen LogP contribution < -0.4 is 16.3 Å². The normalized spacial score (nSPS) is 15.3.